The second kappa shape index (κ2) is 7.49. The minimum absolute atomic E-state index is 0.319. The summed E-state index contributed by atoms with van der Waals surface area (Å²) in [6.07, 6.45) is 15.5. The molecule has 0 spiro atoms. The van der Waals surface area contributed by atoms with Gasteiger partial charge in [-0.15, -0.1) is 0 Å². The molecule has 1 N–H and O–H groups in total. The highest BCUT2D eigenvalue weighted by Crippen LogP contribution is 2.27. The van der Waals surface area contributed by atoms with Crippen molar-refractivity contribution in [2.75, 3.05) is 6.54 Å². The number of rotatable bonds is 5. The van der Waals surface area contributed by atoms with E-state index in [0.29, 0.717) is 6.04 Å². The molecule has 106 valence electrons. The molecule has 19 heavy (non-hydrogen) atoms. The molecule has 1 aliphatic rings. The molecule has 0 saturated heterocycles. The van der Waals surface area contributed by atoms with Crippen molar-refractivity contribution >= 4 is 0 Å². The maximum absolute atomic E-state index is 4.56. The average Bonchev–Trinajstić information content (AvgIpc) is 2.78. The Balaban J connectivity index is 2.15. The first kappa shape index (κ1) is 14.3. The van der Waals surface area contributed by atoms with Crippen molar-refractivity contribution in [1.82, 2.24) is 14.9 Å². The van der Waals surface area contributed by atoms with Crippen LogP contribution < -0.4 is 5.32 Å². The highest BCUT2D eigenvalue weighted by atomic mass is 15.0. The van der Waals surface area contributed by atoms with E-state index < -0.39 is 0 Å². The number of hydrogen-bond acceptors (Lipinski definition) is 2. The van der Waals surface area contributed by atoms with Gasteiger partial charge in [0.05, 0.1) is 18.1 Å². The Morgan fingerprint density at radius 2 is 2.16 bits per heavy atom. The van der Waals surface area contributed by atoms with Crippen molar-refractivity contribution in [2.24, 2.45) is 7.05 Å². The lowest BCUT2D eigenvalue weighted by molar-refractivity contribution is 0.534. The fourth-order valence-corrected chi connectivity index (χ4v) is 2.78. The maximum atomic E-state index is 4.56. The van der Waals surface area contributed by atoms with Gasteiger partial charge >= 0.3 is 0 Å². The molecule has 1 unspecified atom stereocenters. The van der Waals surface area contributed by atoms with Crippen LogP contribution in [0.3, 0.4) is 0 Å². The SMILES string of the molecule is CCCNC(C1=CCCCCCC1)c1cn(C)cn1. The van der Waals surface area contributed by atoms with Gasteiger partial charge in [-0.25, -0.2) is 4.98 Å². The molecule has 1 heterocycles. The first-order valence-electron chi connectivity index (χ1n) is 7.71. The monoisotopic (exact) mass is 261 g/mol. The molecular formula is C16H27N3. The third-order valence-electron chi connectivity index (χ3n) is 3.82. The van der Waals surface area contributed by atoms with Crippen molar-refractivity contribution < 1.29 is 0 Å². The Kier molecular flexibility index (Phi) is 5.64. The molecule has 0 saturated carbocycles. The summed E-state index contributed by atoms with van der Waals surface area (Å²) >= 11 is 0. The summed E-state index contributed by atoms with van der Waals surface area (Å²) < 4.78 is 2.04. The van der Waals surface area contributed by atoms with Gasteiger partial charge in [-0.3, -0.25) is 0 Å². The number of nitrogens with zero attached hydrogens (tertiary/aromatic N) is 2. The van der Waals surface area contributed by atoms with E-state index in [9.17, 15) is 0 Å². The van der Waals surface area contributed by atoms with Crippen LogP contribution in [0.1, 0.15) is 63.6 Å². The van der Waals surface area contributed by atoms with Crippen LogP contribution in [0.4, 0.5) is 0 Å². The van der Waals surface area contributed by atoms with Crippen LogP contribution in [0.2, 0.25) is 0 Å². The fraction of sp³-hybridized carbons (Fsp3) is 0.688. The highest BCUT2D eigenvalue weighted by Gasteiger charge is 2.18. The van der Waals surface area contributed by atoms with Gasteiger partial charge in [-0.2, -0.15) is 0 Å². The van der Waals surface area contributed by atoms with E-state index in [1.807, 2.05) is 17.9 Å². The van der Waals surface area contributed by atoms with Crippen LogP contribution in [-0.4, -0.2) is 16.1 Å². The molecule has 1 atom stereocenters. The summed E-state index contributed by atoms with van der Waals surface area (Å²) in [4.78, 5) is 4.56. The molecular weight excluding hydrogens is 234 g/mol. The number of hydrogen-bond donors (Lipinski definition) is 1. The second-order valence-electron chi connectivity index (χ2n) is 5.58. The van der Waals surface area contributed by atoms with E-state index in [2.05, 4.69) is 29.5 Å². The van der Waals surface area contributed by atoms with Crippen LogP contribution >= 0.6 is 0 Å². The Bertz CT molecular complexity index is 406. The van der Waals surface area contributed by atoms with Gasteiger partial charge in [-0.1, -0.05) is 31.4 Å². The maximum Gasteiger partial charge on any atom is 0.0947 e. The number of nitrogens with one attached hydrogen (secondary N) is 1. The Labute approximate surface area is 117 Å². The highest BCUT2D eigenvalue weighted by molar-refractivity contribution is 5.21. The predicted octanol–water partition coefficient (Wildman–Crippen LogP) is 3.74. The largest absolute Gasteiger partial charge is 0.340 e. The zero-order valence-electron chi connectivity index (χ0n) is 12.4. The summed E-state index contributed by atoms with van der Waals surface area (Å²) in [5, 5.41) is 3.67. The molecule has 0 fully saturated rings. The van der Waals surface area contributed by atoms with Crippen LogP contribution in [0.15, 0.2) is 24.2 Å². The van der Waals surface area contributed by atoms with Gasteiger partial charge in [0, 0.05) is 13.2 Å². The summed E-state index contributed by atoms with van der Waals surface area (Å²) in [6.45, 7) is 3.27. The predicted molar refractivity (Wildman–Crippen MR) is 80.0 cm³/mol. The third kappa shape index (κ3) is 4.20. The lowest BCUT2D eigenvalue weighted by Gasteiger charge is -2.22. The molecule has 1 aromatic rings. The average molecular weight is 261 g/mol. The number of imidazole rings is 1. The van der Waals surface area contributed by atoms with Crippen LogP contribution in [-0.2, 0) is 7.05 Å². The van der Waals surface area contributed by atoms with Crippen LogP contribution in [0.5, 0.6) is 0 Å². The number of aromatic nitrogens is 2. The zero-order valence-corrected chi connectivity index (χ0v) is 12.4. The molecule has 0 bridgehead atoms. The minimum Gasteiger partial charge on any atom is -0.340 e. The standard InChI is InChI=1S/C16H27N3/c1-3-11-17-16(15-12-19(2)13-18-15)14-9-7-5-4-6-8-10-14/h9,12-13,16-17H,3-8,10-11H2,1-2H3. The molecule has 3 nitrogen and oxygen atoms in total. The summed E-state index contributed by atoms with van der Waals surface area (Å²) in [6, 6.07) is 0.319. The molecule has 2 rings (SSSR count). The lowest BCUT2D eigenvalue weighted by atomic mass is 9.93. The molecule has 1 aromatic heterocycles. The Morgan fingerprint density at radius 1 is 1.32 bits per heavy atom. The molecule has 0 radical (unpaired) electrons. The Morgan fingerprint density at radius 3 is 2.89 bits per heavy atom. The first-order chi connectivity index (χ1) is 9.31. The van der Waals surface area contributed by atoms with Crippen molar-refractivity contribution in [3.05, 3.63) is 29.9 Å². The van der Waals surface area contributed by atoms with E-state index in [-0.39, 0.29) is 0 Å². The van der Waals surface area contributed by atoms with E-state index in [1.54, 1.807) is 5.57 Å². The van der Waals surface area contributed by atoms with Crippen molar-refractivity contribution in [3.8, 4) is 0 Å². The van der Waals surface area contributed by atoms with E-state index in [0.717, 1.165) is 13.0 Å². The fourth-order valence-electron chi connectivity index (χ4n) is 2.78. The van der Waals surface area contributed by atoms with E-state index >= 15 is 0 Å². The third-order valence-corrected chi connectivity index (χ3v) is 3.82. The Hall–Kier alpha value is -1.09. The van der Waals surface area contributed by atoms with Gasteiger partial charge in [-0.05, 0) is 38.6 Å². The quantitative estimate of drug-likeness (QED) is 0.818. The number of allylic oxidation sites excluding steroid dienone is 1. The first-order valence-corrected chi connectivity index (χ1v) is 7.71. The van der Waals surface area contributed by atoms with Gasteiger partial charge in [0.25, 0.3) is 0 Å². The van der Waals surface area contributed by atoms with Crippen molar-refractivity contribution in [1.29, 1.82) is 0 Å². The number of aryl methyl sites for hydroxylation is 1. The summed E-state index contributed by atoms with van der Waals surface area (Å²) in [5.74, 6) is 0. The zero-order chi connectivity index (χ0) is 13.5. The van der Waals surface area contributed by atoms with Crippen molar-refractivity contribution in [3.63, 3.8) is 0 Å². The van der Waals surface area contributed by atoms with Crippen LogP contribution in [0, 0.1) is 0 Å². The topological polar surface area (TPSA) is 29.9 Å². The lowest BCUT2D eigenvalue weighted by Crippen LogP contribution is -2.24. The molecule has 0 aromatic carbocycles. The van der Waals surface area contributed by atoms with Gasteiger partial charge in [0.1, 0.15) is 0 Å². The van der Waals surface area contributed by atoms with Gasteiger partial charge in [0.15, 0.2) is 0 Å². The van der Waals surface area contributed by atoms with E-state index in [1.165, 1.54) is 44.2 Å². The molecule has 0 aliphatic heterocycles. The van der Waals surface area contributed by atoms with Crippen LogP contribution in [0.25, 0.3) is 0 Å². The molecule has 3 heteroatoms. The second-order valence-corrected chi connectivity index (χ2v) is 5.58. The minimum atomic E-state index is 0.319. The smallest absolute Gasteiger partial charge is 0.0947 e. The van der Waals surface area contributed by atoms with Gasteiger partial charge in [0.2, 0.25) is 0 Å². The van der Waals surface area contributed by atoms with Crippen molar-refractivity contribution in [2.45, 2.75) is 57.9 Å². The summed E-state index contributed by atoms with van der Waals surface area (Å²) in [7, 11) is 2.04. The van der Waals surface area contributed by atoms with Gasteiger partial charge < -0.3 is 9.88 Å². The van der Waals surface area contributed by atoms with E-state index in [4.69, 9.17) is 0 Å². The molecule has 0 amide bonds. The normalized spacial score (nSPS) is 18.5. The molecule has 1 aliphatic carbocycles. The summed E-state index contributed by atoms with van der Waals surface area (Å²) in [5.41, 5.74) is 2.72.